The highest BCUT2D eigenvalue weighted by Gasteiger charge is 2.49. The Morgan fingerprint density at radius 2 is 1.75 bits per heavy atom. The topological polar surface area (TPSA) is 66.3 Å². The molecule has 3 aliphatic rings. The molecule has 2 heterocycles. The molecule has 1 aliphatic heterocycles. The summed E-state index contributed by atoms with van der Waals surface area (Å²) >= 11 is 0. The summed E-state index contributed by atoms with van der Waals surface area (Å²) in [5, 5.41) is 8.82. The third-order valence-corrected chi connectivity index (χ3v) is 5.45. The number of aromatic nitrogens is 2. The van der Waals surface area contributed by atoms with Gasteiger partial charge in [-0.1, -0.05) is 6.42 Å². The third-order valence-electron chi connectivity index (χ3n) is 5.45. The van der Waals surface area contributed by atoms with Gasteiger partial charge >= 0.3 is 6.09 Å². The molecule has 0 bridgehead atoms. The van der Waals surface area contributed by atoms with Crippen LogP contribution in [0.25, 0.3) is 0 Å². The molecule has 1 aromatic heterocycles. The fraction of sp³-hybridized carbons (Fsp3) is 0.667. The van der Waals surface area contributed by atoms with Crippen molar-refractivity contribution >= 4 is 6.09 Å². The van der Waals surface area contributed by atoms with E-state index in [4.69, 9.17) is 5.11 Å². The minimum absolute atomic E-state index is 0.229. The van der Waals surface area contributed by atoms with Gasteiger partial charge in [-0.15, -0.1) is 0 Å². The summed E-state index contributed by atoms with van der Waals surface area (Å²) < 4.78 is 0. The van der Waals surface area contributed by atoms with E-state index in [0.717, 1.165) is 11.4 Å². The van der Waals surface area contributed by atoms with Crippen LogP contribution >= 0.6 is 0 Å². The smallest absolute Gasteiger partial charge is 0.407 e. The molecule has 1 N–H and O–H groups in total. The van der Waals surface area contributed by atoms with Gasteiger partial charge in [0.25, 0.3) is 0 Å². The van der Waals surface area contributed by atoms with Gasteiger partial charge in [0.05, 0.1) is 11.4 Å². The zero-order chi connectivity index (χ0) is 13.7. The van der Waals surface area contributed by atoms with E-state index in [9.17, 15) is 4.79 Å². The number of rotatable bonds is 2. The van der Waals surface area contributed by atoms with Crippen LogP contribution in [0.4, 0.5) is 4.79 Å². The van der Waals surface area contributed by atoms with Gasteiger partial charge in [0, 0.05) is 37.3 Å². The van der Waals surface area contributed by atoms with E-state index in [1.807, 2.05) is 12.4 Å². The van der Waals surface area contributed by atoms with E-state index in [1.165, 1.54) is 37.0 Å². The predicted molar refractivity (Wildman–Crippen MR) is 72.6 cm³/mol. The van der Waals surface area contributed by atoms with Crippen molar-refractivity contribution in [3.63, 3.8) is 0 Å². The van der Waals surface area contributed by atoms with Crippen LogP contribution in [-0.2, 0) is 0 Å². The van der Waals surface area contributed by atoms with Crippen LogP contribution in [-0.4, -0.2) is 39.2 Å². The van der Waals surface area contributed by atoms with Crippen LogP contribution in [0.15, 0.2) is 12.4 Å². The first kappa shape index (κ1) is 12.1. The van der Waals surface area contributed by atoms with Crippen molar-refractivity contribution in [2.75, 3.05) is 13.1 Å². The molecule has 1 amide bonds. The van der Waals surface area contributed by atoms with Gasteiger partial charge in [-0.2, -0.15) is 0 Å². The summed E-state index contributed by atoms with van der Waals surface area (Å²) in [4.78, 5) is 21.2. The van der Waals surface area contributed by atoms with Crippen LogP contribution in [0.1, 0.15) is 55.3 Å². The zero-order valence-corrected chi connectivity index (χ0v) is 11.5. The second-order valence-electron chi connectivity index (χ2n) is 6.71. The first-order valence-corrected chi connectivity index (χ1v) is 7.45. The first-order chi connectivity index (χ1) is 9.65. The SMILES string of the molecule is O=C(O)N1CC(c2cnc(C3CC4(CCC4)C3)cn2)C1. The van der Waals surface area contributed by atoms with Crippen molar-refractivity contribution in [3.8, 4) is 0 Å². The molecule has 20 heavy (non-hydrogen) atoms. The van der Waals surface area contributed by atoms with E-state index in [0.29, 0.717) is 24.4 Å². The minimum Gasteiger partial charge on any atom is -0.465 e. The Bertz CT molecular complexity index is 525. The maximum atomic E-state index is 10.7. The summed E-state index contributed by atoms with van der Waals surface area (Å²) in [6.07, 6.45) is 9.71. The van der Waals surface area contributed by atoms with Crippen LogP contribution in [0, 0.1) is 5.41 Å². The molecule has 1 saturated heterocycles. The first-order valence-electron chi connectivity index (χ1n) is 7.45. The molecule has 2 aliphatic carbocycles. The molecule has 1 spiro atoms. The van der Waals surface area contributed by atoms with Crippen LogP contribution in [0.5, 0.6) is 0 Å². The Kier molecular flexibility index (Phi) is 2.53. The second kappa shape index (κ2) is 4.17. The molecule has 0 aromatic carbocycles. The highest BCUT2D eigenvalue weighted by atomic mass is 16.4. The van der Waals surface area contributed by atoms with Gasteiger partial charge in [0.2, 0.25) is 0 Å². The molecule has 0 atom stereocenters. The van der Waals surface area contributed by atoms with Gasteiger partial charge in [-0.05, 0) is 31.1 Å². The van der Waals surface area contributed by atoms with Crippen molar-refractivity contribution in [1.82, 2.24) is 14.9 Å². The molecule has 3 fully saturated rings. The standard InChI is InChI=1S/C15H19N3O2/c19-14(20)18-8-11(9-18)13-7-16-12(6-17-13)10-4-15(5-10)2-1-3-15/h6-7,10-11H,1-5,8-9H2,(H,19,20). The summed E-state index contributed by atoms with van der Waals surface area (Å²) in [7, 11) is 0. The monoisotopic (exact) mass is 273 g/mol. The lowest BCUT2D eigenvalue weighted by Crippen LogP contribution is -2.48. The molecular formula is C15H19N3O2. The van der Waals surface area contributed by atoms with Crippen LogP contribution in [0.3, 0.4) is 0 Å². The van der Waals surface area contributed by atoms with E-state index in [2.05, 4.69) is 9.97 Å². The van der Waals surface area contributed by atoms with Crippen molar-refractivity contribution in [2.24, 2.45) is 5.41 Å². The lowest BCUT2D eigenvalue weighted by Gasteiger charge is -2.54. The average molecular weight is 273 g/mol. The number of carboxylic acid groups (broad SMARTS) is 1. The van der Waals surface area contributed by atoms with E-state index >= 15 is 0 Å². The number of amides is 1. The fourth-order valence-corrected chi connectivity index (χ4v) is 3.87. The summed E-state index contributed by atoms with van der Waals surface area (Å²) in [5.74, 6) is 0.834. The fourth-order valence-electron chi connectivity index (χ4n) is 3.87. The average Bonchev–Trinajstić information content (AvgIpc) is 2.24. The molecule has 5 heteroatoms. The Labute approximate surface area is 118 Å². The van der Waals surface area contributed by atoms with Gasteiger partial charge in [0.1, 0.15) is 0 Å². The molecule has 106 valence electrons. The molecular weight excluding hydrogens is 254 g/mol. The molecule has 4 rings (SSSR count). The molecule has 5 nitrogen and oxygen atoms in total. The predicted octanol–water partition coefficient (Wildman–Crippen LogP) is 2.60. The maximum Gasteiger partial charge on any atom is 0.407 e. The summed E-state index contributed by atoms with van der Waals surface area (Å²) in [6.45, 7) is 1.10. The lowest BCUT2D eigenvalue weighted by atomic mass is 9.51. The van der Waals surface area contributed by atoms with E-state index < -0.39 is 6.09 Å². The normalized spacial score (nSPS) is 24.9. The Morgan fingerprint density at radius 1 is 1.15 bits per heavy atom. The van der Waals surface area contributed by atoms with Crippen molar-refractivity contribution in [2.45, 2.75) is 43.9 Å². The number of hydrogen-bond donors (Lipinski definition) is 1. The van der Waals surface area contributed by atoms with E-state index in [-0.39, 0.29) is 5.92 Å². The van der Waals surface area contributed by atoms with Gasteiger partial charge in [-0.25, -0.2) is 4.79 Å². The molecule has 1 aromatic rings. The van der Waals surface area contributed by atoms with E-state index in [1.54, 1.807) is 0 Å². The Morgan fingerprint density at radius 3 is 2.20 bits per heavy atom. The van der Waals surface area contributed by atoms with Gasteiger partial charge in [-0.3, -0.25) is 9.97 Å². The highest BCUT2D eigenvalue weighted by Crippen LogP contribution is 2.61. The van der Waals surface area contributed by atoms with Gasteiger partial charge < -0.3 is 10.0 Å². The molecule has 0 unspecified atom stereocenters. The summed E-state index contributed by atoms with van der Waals surface area (Å²) in [6, 6.07) is 0. The quantitative estimate of drug-likeness (QED) is 0.899. The Hall–Kier alpha value is -1.65. The minimum atomic E-state index is -0.842. The van der Waals surface area contributed by atoms with Crippen molar-refractivity contribution < 1.29 is 9.90 Å². The molecule has 2 saturated carbocycles. The zero-order valence-electron chi connectivity index (χ0n) is 11.5. The second-order valence-corrected chi connectivity index (χ2v) is 6.71. The van der Waals surface area contributed by atoms with Crippen molar-refractivity contribution in [3.05, 3.63) is 23.8 Å². The van der Waals surface area contributed by atoms with Crippen LogP contribution in [0.2, 0.25) is 0 Å². The Balaban J connectivity index is 1.36. The largest absolute Gasteiger partial charge is 0.465 e. The third kappa shape index (κ3) is 1.79. The maximum absolute atomic E-state index is 10.7. The highest BCUT2D eigenvalue weighted by molar-refractivity contribution is 5.66. The van der Waals surface area contributed by atoms with Crippen LogP contribution < -0.4 is 0 Å². The summed E-state index contributed by atoms with van der Waals surface area (Å²) in [5.41, 5.74) is 2.73. The number of likely N-dealkylation sites (tertiary alicyclic amines) is 1. The number of hydrogen-bond acceptors (Lipinski definition) is 3. The molecule has 0 radical (unpaired) electrons. The van der Waals surface area contributed by atoms with Crippen molar-refractivity contribution in [1.29, 1.82) is 0 Å². The van der Waals surface area contributed by atoms with Gasteiger partial charge in [0.15, 0.2) is 0 Å². The number of carbonyl (C=O) groups is 1. The lowest BCUT2D eigenvalue weighted by molar-refractivity contribution is 0.00745. The number of nitrogens with zero attached hydrogens (tertiary/aromatic N) is 3.